The zero-order valence-corrected chi connectivity index (χ0v) is 11.3. The number of hydrogen-bond donors (Lipinski definition) is 2. The third kappa shape index (κ3) is 2.54. The number of amides is 2. The molecule has 7 nitrogen and oxygen atoms in total. The van der Waals surface area contributed by atoms with Gasteiger partial charge in [0.15, 0.2) is 5.69 Å². The SMILES string of the molecule is CC(C)NC(=O)N1CCc2c(C(=O)O)nn(C)c2C1. The van der Waals surface area contributed by atoms with E-state index in [9.17, 15) is 9.59 Å². The summed E-state index contributed by atoms with van der Waals surface area (Å²) in [4.78, 5) is 24.7. The predicted molar refractivity (Wildman–Crippen MR) is 67.9 cm³/mol. The average Bonchev–Trinajstić information content (AvgIpc) is 2.66. The highest BCUT2D eigenvalue weighted by Gasteiger charge is 2.28. The zero-order chi connectivity index (χ0) is 14.2. The lowest BCUT2D eigenvalue weighted by Gasteiger charge is -2.28. The van der Waals surface area contributed by atoms with Crippen LogP contribution in [-0.2, 0) is 20.0 Å². The summed E-state index contributed by atoms with van der Waals surface area (Å²) in [6, 6.07) is -0.0475. The molecule has 1 aliphatic heterocycles. The molecule has 0 spiro atoms. The molecule has 0 aliphatic carbocycles. The van der Waals surface area contributed by atoms with Crippen LogP contribution in [0.1, 0.15) is 35.6 Å². The summed E-state index contributed by atoms with van der Waals surface area (Å²) in [6.07, 6.45) is 0.524. The Morgan fingerprint density at radius 3 is 2.68 bits per heavy atom. The molecule has 0 atom stereocenters. The minimum atomic E-state index is -1.02. The molecule has 1 aromatic heterocycles. The molecule has 0 unspecified atom stereocenters. The van der Waals surface area contributed by atoms with Gasteiger partial charge in [-0.2, -0.15) is 5.10 Å². The molecule has 1 aromatic rings. The van der Waals surface area contributed by atoms with Gasteiger partial charge in [0, 0.05) is 25.2 Å². The Bertz CT molecular complexity index is 521. The van der Waals surface area contributed by atoms with E-state index in [-0.39, 0.29) is 17.8 Å². The summed E-state index contributed by atoms with van der Waals surface area (Å²) in [7, 11) is 1.70. The summed E-state index contributed by atoms with van der Waals surface area (Å²) in [5.74, 6) is -1.02. The van der Waals surface area contributed by atoms with Crippen molar-refractivity contribution >= 4 is 12.0 Å². The first-order valence-corrected chi connectivity index (χ1v) is 6.23. The van der Waals surface area contributed by atoms with E-state index < -0.39 is 5.97 Å². The van der Waals surface area contributed by atoms with Crippen LogP contribution in [0.25, 0.3) is 0 Å². The number of carbonyl (C=O) groups excluding carboxylic acids is 1. The van der Waals surface area contributed by atoms with Crippen LogP contribution in [0.15, 0.2) is 0 Å². The van der Waals surface area contributed by atoms with Crippen molar-refractivity contribution < 1.29 is 14.7 Å². The van der Waals surface area contributed by atoms with Crippen LogP contribution in [-0.4, -0.2) is 44.4 Å². The van der Waals surface area contributed by atoms with Gasteiger partial charge in [-0.25, -0.2) is 9.59 Å². The lowest BCUT2D eigenvalue weighted by atomic mass is 10.0. The number of carbonyl (C=O) groups is 2. The van der Waals surface area contributed by atoms with Crippen LogP contribution in [0.2, 0.25) is 0 Å². The number of nitrogens with zero attached hydrogens (tertiary/aromatic N) is 3. The molecular formula is C12H18N4O3. The fraction of sp³-hybridized carbons (Fsp3) is 0.583. The van der Waals surface area contributed by atoms with E-state index >= 15 is 0 Å². The Hall–Kier alpha value is -2.05. The van der Waals surface area contributed by atoms with Gasteiger partial charge >= 0.3 is 12.0 Å². The second-order valence-electron chi connectivity index (χ2n) is 4.98. The van der Waals surface area contributed by atoms with Gasteiger partial charge in [0.05, 0.1) is 12.2 Å². The number of carboxylic acids is 1. The van der Waals surface area contributed by atoms with Crippen molar-refractivity contribution in [2.75, 3.05) is 6.54 Å². The molecule has 0 aromatic carbocycles. The van der Waals surface area contributed by atoms with Crippen LogP contribution in [0.4, 0.5) is 4.79 Å². The summed E-state index contributed by atoms with van der Waals surface area (Å²) < 4.78 is 1.55. The number of rotatable bonds is 2. The minimum Gasteiger partial charge on any atom is -0.476 e. The van der Waals surface area contributed by atoms with Crippen LogP contribution >= 0.6 is 0 Å². The molecule has 2 N–H and O–H groups in total. The molecule has 2 amide bonds. The largest absolute Gasteiger partial charge is 0.476 e. The molecule has 0 bridgehead atoms. The van der Waals surface area contributed by atoms with Crippen molar-refractivity contribution in [1.29, 1.82) is 0 Å². The summed E-state index contributed by atoms with van der Waals surface area (Å²) in [5.41, 5.74) is 1.63. The molecule has 0 saturated heterocycles. The number of nitrogens with one attached hydrogen (secondary N) is 1. The van der Waals surface area contributed by atoms with Gasteiger partial charge in [0.2, 0.25) is 0 Å². The molecular weight excluding hydrogens is 248 g/mol. The highest BCUT2D eigenvalue weighted by molar-refractivity contribution is 5.87. The lowest BCUT2D eigenvalue weighted by Crippen LogP contribution is -2.45. The number of hydrogen-bond acceptors (Lipinski definition) is 3. The van der Waals surface area contributed by atoms with E-state index in [1.165, 1.54) is 0 Å². The van der Waals surface area contributed by atoms with Crippen LogP contribution < -0.4 is 5.32 Å². The second-order valence-corrected chi connectivity index (χ2v) is 4.98. The normalized spacial score (nSPS) is 14.4. The highest BCUT2D eigenvalue weighted by atomic mass is 16.4. The standard InChI is InChI=1S/C12H18N4O3/c1-7(2)13-12(19)16-5-4-8-9(6-16)15(3)14-10(8)11(17)18/h7H,4-6H2,1-3H3,(H,13,19)(H,17,18). The molecule has 0 saturated carbocycles. The third-order valence-corrected chi connectivity index (χ3v) is 3.15. The van der Waals surface area contributed by atoms with Crippen molar-refractivity contribution in [3.8, 4) is 0 Å². The van der Waals surface area contributed by atoms with Gasteiger partial charge in [-0.3, -0.25) is 4.68 Å². The topological polar surface area (TPSA) is 87.5 Å². The number of urea groups is 1. The van der Waals surface area contributed by atoms with Crippen molar-refractivity contribution in [2.45, 2.75) is 32.9 Å². The number of carboxylic acid groups (broad SMARTS) is 1. The summed E-state index contributed by atoms with van der Waals surface area (Å²) in [5, 5.41) is 15.9. The monoisotopic (exact) mass is 266 g/mol. The Kier molecular flexibility index (Phi) is 3.46. The molecule has 0 fully saturated rings. The molecule has 7 heteroatoms. The minimum absolute atomic E-state index is 0.0787. The average molecular weight is 266 g/mol. The van der Waals surface area contributed by atoms with Crippen LogP contribution in [0.3, 0.4) is 0 Å². The fourth-order valence-electron chi connectivity index (χ4n) is 2.25. The van der Waals surface area contributed by atoms with Crippen LogP contribution in [0, 0.1) is 0 Å². The molecule has 104 valence electrons. The smallest absolute Gasteiger partial charge is 0.356 e. The van der Waals surface area contributed by atoms with E-state index in [0.29, 0.717) is 19.5 Å². The molecule has 2 rings (SSSR count). The Morgan fingerprint density at radius 1 is 1.42 bits per heavy atom. The van der Waals surface area contributed by atoms with Gasteiger partial charge in [0.25, 0.3) is 0 Å². The van der Waals surface area contributed by atoms with E-state index in [1.54, 1.807) is 16.6 Å². The van der Waals surface area contributed by atoms with Gasteiger partial charge in [-0.05, 0) is 20.3 Å². The van der Waals surface area contributed by atoms with E-state index in [4.69, 9.17) is 5.11 Å². The summed E-state index contributed by atoms with van der Waals surface area (Å²) >= 11 is 0. The molecule has 19 heavy (non-hydrogen) atoms. The zero-order valence-electron chi connectivity index (χ0n) is 11.3. The second kappa shape index (κ2) is 4.91. The van der Waals surface area contributed by atoms with Gasteiger partial charge < -0.3 is 15.3 Å². The highest BCUT2D eigenvalue weighted by Crippen LogP contribution is 2.22. The van der Waals surface area contributed by atoms with E-state index in [0.717, 1.165) is 11.3 Å². The Morgan fingerprint density at radius 2 is 2.11 bits per heavy atom. The fourth-order valence-corrected chi connectivity index (χ4v) is 2.25. The Balaban J connectivity index is 2.21. The number of fused-ring (bicyclic) bond motifs is 1. The predicted octanol–water partition coefficient (Wildman–Crippen LogP) is 0.594. The van der Waals surface area contributed by atoms with Crippen molar-refractivity contribution in [1.82, 2.24) is 20.0 Å². The third-order valence-electron chi connectivity index (χ3n) is 3.15. The number of aromatic carboxylic acids is 1. The van der Waals surface area contributed by atoms with Crippen molar-refractivity contribution in [2.24, 2.45) is 7.05 Å². The lowest BCUT2D eigenvalue weighted by molar-refractivity contribution is 0.0688. The van der Waals surface area contributed by atoms with Gasteiger partial charge in [0.1, 0.15) is 0 Å². The van der Waals surface area contributed by atoms with Gasteiger partial charge in [-0.15, -0.1) is 0 Å². The first-order chi connectivity index (χ1) is 8.90. The first kappa shape index (κ1) is 13.4. The van der Waals surface area contributed by atoms with Gasteiger partial charge in [-0.1, -0.05) is 0 Å². The van der Waals surface area contributed by atoms with E-state index in [2.05, 4.69) is 10.4 Å². The maximum atomic E-state index is 11.9. The van der Waals surface area contributed by atoms with Crippen LogP contribution in [0.5, 0.6) is 0 Å². The molecule has 1 aliphatic rings. The molecule has 2 heterocycles. The summed E-state index contributed by atoms with van der Waals surface area (Å²) in [6.45, 7) is 4.71. The quantitative estimate of drug-likeness (QED) is 0.820. The van der Waals surface area contributed by atoms with E-state index in [1.807, 2.05) is 13.8 Å². The molecule has 0 radical (unpaired) electrons. The Labute approximate surface area is 111 Å². The number of aromatic nitrogens is 2. The van der Waals surface area contributed by atoms with Crippen molar-refractivity contribution in [3.63, 3.8) is 0 Å². The first-order valence-electron chi connectivity index (χ1n) is 6.23. The maximum absolute atomic E-state index is 11.9. The number of aryl methyl sites for hydroxylation is 1. The maximum Gasteiger partial charge on any atom is 0.356 e. The van der Waals surface area contributed by atoms with Crippen molar-refractivity contribution in [3.05, 3.63) is 17.0 Å².